The first-order valence-corrected chi connectivity index (χ1v) is 5.51. The summed E-state index contributed by atoms with van der Waals surface area (Å²) in [6.07, 6.45) is 6.41. The third-order valence-corrected chi connectivity index (χ3v) is 2.90. The summed E-state index contributed by atoms with van der Waals surface area (Å²) in [5.74, 6) is 1.20. The van der Waals surface area contributed by atoms with Crippen molar-refractivity contribution < 1.29 is 14.7 Å². The second-order valence-electron chi connectivity index (χ2n) is 3.03. The molecule has 0 fully saturated rings. The van der Waals surface area contributed by atoms with Crippen molar-refractivity contribution in [2.75, 3.05) is 6.54 Å². The van der Waals surface area contributed by atoms with E-state index in [9.17, 15) is 9.59 Å². The highest BCUT2D eigenvalue weighted by molar-refractivity contribution is 7.15. The molecule has 0 spiro atoms. The van der Waals surface area contributed by atoms with Crippen LogP contribution in [-0.2, 0) is 0 Å². The van der Waals surface area contributed by atoms with Gasteiger partial charge in [0.05, 0.1) is 4.88 Å². The summed E-state index contributed by atoms with van der Waals surface area (Å²) in [5, 5.41) is 11.4. The summed E-state index contributed by atoms with van der Waals surface area (Å²) >= 11 is 0.961. The van der Waals surface area contributed by atoms with E-state index in [1.54, 1.807) is 0 Å². The van der Waals surface area contributed by atoms with E-state index >= 15 is 0 Å². The minimum Gasteiger partial charge on any atom is -0.477 e. The van der Waals surface area contributed by atoms with Crippen molar-refractivity contribution in [3.8, 4) is 12.3 Å². The quantitative estimate of drug-likeness (QED) is 0.603. The molecule has 0 radical (unpaired) electrons. The molecule has 4 nitrogen and oxygen atoms in total. The number of amides is 1. The largest absolute Gasteiger partial charge is 0.477 e. The Morgan fingerprint density at radius 3 is 2.69 bits per heavy atom. The fourth-order valence-electron chi connectivity index (χ4n) is 1.05. The van der Waals surface area contributed by atoms with Crippen LogP contribution in [0.25, 0.3) is 0 Å². The molecular formula is C11H11NO3S. The van der Waals surface area contributed by atoms with Crippen LogP contribution in [0.2, 0.25) is 0 Å². The summed E-state index contributed by atoms with van der Waals surface area (Å²) in [7, 11) is 0. The standard InChI is InChI=1S/C11H11NO3S/c1-2-3-4-7-12-10(13)8-5-6-9(16-8)11(14)15/h1,5-6H,3-4,7H2,(H,12,13)(H,14,15). The number of hydrogen-bond acceptors (Lipinski definition) is 3. The van der Waals surface area contributed by atoms with Gasteiger partial charge in [0.25, 0.3) is 5.91 Å². The van der Waals surface area contributed by atoms with Gasteiger partial charge in [-0.05, 0) is 18.6 Å². The zero-order valence-corrected chi connectivity index (χ0v) is 9.34. The maximum atomic E-state index is 11.5. The summed E-state index contributed by atoms with van der Waals surface area (Å²) < 4.78 is 0. The maximum absolute atomic E-state index is 11.5. The fourth-order valence-corrected chi connectivity index (χ4v) is 1.82. The molecule has 0 saturated carbocycles. The first kappa shape index (κ1) is 12.3. The number of hydrogen-bond donors (Lipinski definition) is 2. The van der Waals surface area contributed by atoms with Crippen LogP contribution in [0.1, 0.15) is 32.2 Å². The summed E-state index contributed by atoms with van der Waals surface area (Å²) in [5.41, 5.74) is 0. The lowest BCUT2D eigenvalue weighted by Gasteiger charge is -2.00. The number of rotatable bonds is 5. The average molecular weight is 237 g/mol. The minimum absolute atomic E-state index is 0.161. The molecule has 1 aromatic heterocycles. The highest BCUT2D eigenvalue weighted by atomic mass is 32.1. The van der Waals surface area contributed by atoms with Crippen LogP contribution in [-0.4, -0.2) is 23.5 Å². The van der Waals surface area contributed by atoms with E-state index in [1.807, 2.05) is 0 Å². The van der Waals surface area contributed by atoms with Crippen molar-refractivity contribution in [3.63, 3.8) is 0 Å². The third-order valence-electron chi connectivity index (χ3n) is 1.82. The van der Waals surface area contributed by atoms with E-state index in [0.717, 1.165) is 17.8 Å². The van der Waals surface area contributed by atoms with Crippen molar-refractivity contribution in [1.82, 2.24) is 5.32 Å². The second kappa shape index (κ2) is 5.93. The molecule has 0 aromatic carbocycles. The zero-order chi connectivity index (χ0) is 12.0. The van der Waals surface area contributed by atoms with Crippen LogP contribution >= 0.6 is 11.3 Å². The fraction of sp³-hybridized carbons (Fsp3) is 0.273. The Bertz CT molecular complexity index is 431. The van der Waals surface area contributed by atoms with Gasteiger partial charge in [-0.25, -0.2) is 4.79 Å². The number of carbonyl (C=O) groups is 2. The number of carboxylic acids is 1. The Morgan fingerprint density at radius 2 is 2.12 bits per heavy atom. The van der Waals surface area contributed by atoms with Crippen molar-refractivity contribution in [3.05, 3.63) is 21.9 Å². The second-order valence-corrected chi connectivity index (χ2v) is 4.12. The van der Waals surface area contributed by atoms with Crippen LogP contribution in [0.4, 0.5) is 0 Å². The van der Waals surface area contributed by atoms with Gasteiger partial charge in [0.2, 0.25) is 0 Å². The van der Waals surface area contributed by atoms with Gasteiger partial charge in [0.15, 0.2) is 0 Å². The summed E-state index contributed by atoms with van der Waals surface area (Å²) in [6, 6.07) is 2.92. The maximum Gasteiger partial charge on any atom is 0.345 e. The van der Waals surface area contributed by atoms with Crippen molar-refractivity contribution in [1.29, 1.82) is 0 Å². The molecule has 2 N–H and O–H groups in total. The number of thiophene rings is 1. The van der Waals surface area contributed by atoms with Crippen LogP contribution in [0.3, 0.4) is 0 Å². The predicted molar refractivity (Wildman–Crippen MR) is 61.7 cm³/mol. The van der Waals surface area contributed by atoms with Gasteiger partial charge in [-0.15, -0.1) is 23.7 Å². The molecule has 1 aromatic rings. The molecule has 0 aliphatic rings. The Labute approximate surface area is 97.3 Å². The Hall–Kier alpha value is -1.80. The van der Waals surface area contributed by atoms with Crippen molar-refractivity contribution >= 4 is 23.2 Å². The van der Waals surface area contributed by atoms with E-state index in [-0.39, 0.29) is 10.8 Å². The van der Waals surface area contributed by atoms with Crippen LogP contribution < -0.4 is 5.32 Å². The van der Waals surface area contributed by atoms with Crippen LogP contribution in [0, 0.1) is 12.3 Å². The molecule has 0 atom stereocenters. The van der Waals surface area contributed by atoms with E-state index < -0.39 is 5.97 Å². The number of carboxylic acid groups (broad SMARTS) is 1. The van der Waals surface area contributed by atoms with E-state index in [4.69, 9.17) is 11.5 Å². The predicted octanol–water partition coefficient (Wildman–Crippen LogP) is 1.59. The zero-order valence-electron chi connectivity index (χ0n) is 8.53. The first-order valence-electron chi connectivity index (χ1n) is 4.70. The number of carbonyl (C=O) groups excluding carboxylic acids is 1. The van der Waals surface area contributed by atoms with Gasteiger partial charge in [-0.1, -0.05) is 0 Å². The van der Waals surface area contributed by atoms with E-state index in [0.29, 0.717) is 17.8 Å². The van der Waals surface area contributed by atoms with Crippen LogP contribution in [0.5, 0.6) is 0 Å². The van der Waals surface area contributed by atoms with Gasteiger partial charge in [0.1, 0.15) is 4.88 Å². The molecule has 1 amide bonds. The molecule has 84 valence electrons. The lowest BCUT2D eigenvalue weighted by Crippen LogP contribution is -2.23. The third kappa shape index (κ3) is 3.41. The number of terminal acetylenes is 1. The topological polar surface area (TPSA) is 66.4 Å². The highest BCUT2D eigenvalue weighted by Gasteiger charge is 2.11. The van der Waals surface area contributed by atoms with Gasteiger partial charge in [0, 0.05) is 13.0 Å². The Morgan fingerprint density at radius 1 is 1.44 bits per heavy atom. The molecule has 16 heavy (non-hydrogen) atoms. The van der Waals surface area contributed by atoms with Crippen molar-refractivity contribution in [2.45, 2.75) is 12.8 Å². The average Bonchev–Trinajstić information content (AvgIpc) is 2.73. The molecule has 1 rings (SSSR count). The number of aromatic carboxylic acids is 1. The number of nitrogens with one attached hydrogen (secondary N) is 1. The van der Waals surface area contributed by atoms with Crippen molar-refractivity contribution in [2.24, 2.45) is 0 Å². The normalized spacial score (nSPS) is 9.44. The molecular weight excluding hydrogens is 226 g/mol. The highest BCUT2D eigenvalue weighted by Crippen LogP contribution is 2.16. The van der Waals surface area contributed by atoms with Crippen LogP contribution in [0.15, 0.2) is 12.1 Å². The SMILES string of the molecule is C#CCCCNC(=O)c1ccc(C(=O)O)s1. The molecule has 5 heteroatoms. The van der Waals surface area contributed by atoms with Gasteiger partial charge >= 0.3 is 5.97 Å². The Balaban J connectivity index is 2.47. The van der Waals surface area contributed by atoms with E-state index in [1.165, 1.54) is 12.1 Å². The first-order chi connectivity index (χ1) is 7.65. The summed E-state index contributed by atoms with van der Waals surface area (Å²) in [4.78, 5) is 22.7. The van der Waals surface area contributed by atoms with Gasteiger partial charge < -0.3 is 10.4 Å². The Kier molecular flexibility index (Phi) is 4.55. The molecule has 0 bridgehead atoms. The molecule has 0 aliphatic carbocycles. The molecule has 1 heterocycles. The molecule has 0 saturated heterocycles. The van der Waals surface area contributed by atoms with E-state index in [2.05, 4.69) is 11.2 Å². The molecule has 0 aliphatic heterocycles. The van der Waals surface area contributed by atoms with Gasteiger partial charge in [-0.3, -0.25) is 4.79 Å². The minimum atomic E-state index is -1.02. The lowest BCUT2D eigenvalue weighted by molar-refractivity contribution is 0.0702. The number of unbranched alkanes of at least 4 members (excludes halogenated alkanes) is 1. The van der Waals surface area contributed by atoms with Gasteiger partial charge in [-0.2, -0.15) is 0 Å². The monoisotopic (exact) mass is 237 g/mol. The smallest absolute Gasteiger partial charge is 0.345 e. The lowest BCUT2D eigenvalue weighted by atomic mass is 10.3. The molecule has 0 unspecified atom stereocenters. The summed E-state index contributed by atoms with van der Waals surface area (Å²) in [6.45, 7) is 0.503.